The lowest BCUT2D eigenvalue weighted by atomic mass is 10.0. The van der Waals surface area contributed by atoms with Crippen LogP contribution < -0.4 is 15.2 Å². The zero-order valence-corrected chi connectivity index (χ0v) is 27.9. The molecule has 0 unspecified atom stereocenters. The first-order valence-electron chi connectivity index (χ1n) is 16.9. The molecule has 0 spiro atoms. The SMILES string of the molecule is Cc1ccc(N2CCC[C@H](N(Cc3ccnc(C)c3)Cc3cn(C(C)C)c4cc(N5CCN(CCO)CC5)ccc4c3=O)C2)cn1. The molecule has 9 heteroatoms. The van der Waals surface area contributed by atoms with Crippen molar-refractivity contribution in [3.8, 4) is 0 Å². The minimum absolute atomic E-state index is 0.123. The van der Waals surface area contributed by atoms with Crippen molar-refractivity contribution in [3.63, 3.8) is 0 Å². The number of aryl methyl sites for hydroxylation is 2. The molecule has 0 saturated carbocycles. The van der Waals surface area contributed by atoms with Gasteiger partial charge in [0.05, 0.1) is 24.0 Å². The summed E-state index contributed by atoms with van der Waals surface area (Å²) >= 11 is 0. The van der Waals surface area contributed by atoms with E-state index >= 15 is 0 Å². The van der Waals surface area contributed by atoms with Crippen LogP contribution in [0.25, 0.3) is 10.9 Å². The molecule has 2 aliphatic rings. The van der Waals surface area contributed by atoms with Crippen molar-refractivity contribution in [2.45, 2.75) is 65.7 Å². The number of aromatic nitrogens is 3. The molecule has 0 radical (unpaired) electrons. The minimum Gasteiger partial charge on any atom is -0.395 e. The Morgan fingerprint density at radius 1 is 0.913 bits per heavy atom. The van der Waals surface area contributed by atoms with Crippen LogP contribution in [0.15, 0.2) is 65.8 Å². The molecule has 3 aromatic heterocycles. The zero-order chi connectivity index (χ0) is 32.2. The van der Waals surface area contributed by atoms with Crippen molar-refractivity contribution in [1.82, 2.24) is 24.3 Å². The number of hydrogen-bond donors (Lipinski definition) is 1. The van der Waals surface area contributed by atoms with Crippen LogP contribution in [0.4, 0.5) is 11.4 Å². The number of aliphatic hydroxyl groups is 1. The Balaban J connectivity index is 1.31. The fourth-order valence-electron chi connectivity index (χ4n) is 7.11. The molecular formula is C37H49N7O2. The Morgan fingerprint density at radius 2 is 1.72 bits per heavy atom. The molecule has 2 saturated heterocycles. The van der Waals surface area contributed by atoms with Crippen molar-refractivity contribution in [2.75, 3.05) is 62.2 Å². The van der Waals surface area contributed by atoms with Crippen LogP contribution in [0, 0.1) is 13.8 Å². The maximum Gasteiger partial charge on any atom is 0.193 e. The molecule has 4 aromatic rings. The highest BCUT2D eigenvalue weighted by atomic mass is 16.3. The quantitative estimate of drug-likeness (QED) is 0.271. The third-order valence-corrected chi connectivity index (χ3v) is 9.69. The summed E-state index contributed by atoms with van der Waals surface area (Å²) in [7, 11) is 0. The fourth-order valence-corrected chi connectivity index (χ4v) is 7.11. The van der Waals surface area contributed by atoms with Crippen LogP contribution in [0.2, 0.25) is 0 Å². The topological polar surface area (TPSA) is 81.0 Å². The van der Waals surface area contributed by atoms with Crippen molar-refractivity contribution in [3.05, 3.63) is 93.8 Å². The van der Waals surface area contributed by atoms with Crippen molar-refractivity contribution in [2.24, 2.45) is 0 Å². The van der Waals surface area contributed by atoms with Gasteiger partial charge in [0.15, 0.2) is 5.43 Å². The zero-order valence-electron chi connectivity index (χ0n) is 27.9. The Labute approximate surface area is 273 Å². The van der Waals surface area contributed by atoms with Gasteiger partial charge in [-0.3, -0.25) is 24.6 Å². The molecule has 1 atom stereocenters. The molecule has 1 aromatic carbocycles. The van der Waals surface area contributed by atoms with Crippen LogP contribution in [0.5, 0.6) is 0 Å². The van der Waals surface area contributed by atoms with E-state index in [1.807, 2.05) is 32.3 Å². The molecule has 0 aliphatic carbocycles. The smallest absolute Gasteiger partial charge is 0.193 e. The van der Waals surface area contributed by atoms with Crippen molar-refractivity contribution < 1.29 is 5.11 Å². The summed E-state index contributed by atoms with van der Waals surface area (Å²) < 4.78 is 2.29. The molecule has 9 nitrogen and oxygen atoms in total. The van der Waals surface area contributed by atoms with E-state index in [0.29, 0.717) is 6.54 Å². The lowest BCUT2D eigenvalue weighted by Gasteiger charge is -2.40. The summed E-state index contributed by atoms with van der Waals surface area (Å²) in [4.78, 5) is 32.9. The normalized spacial score (nSPS) is 17.8. The van der Waals surface area contributed by atoms with E-state index in [-0.39, 0.29) is 24.1 Å². The molecule has 1 N–H and O–H groups in total. The molecule has 2 fully saturated rings. The minimum atomic E-state index is 0.123. The number of β-amino-alcohol motifs (C(OH)–C–C–N with tert-alkyl or cyclic N) is 1. The number of anilines is 2. The summed E-state index contributed by atoms with van der Waals surface area (Å²) in [6, 6.07) is 15.4. The Bertz CT molecular complexity index is 1680. The van der Waals surface area contributed by atoms with Gasteiger partial charge >= 0.3 is 0 Å². The highest BCUT2D eigenvalue weighted by molar-refractivity contribution is 5.83. The van der Waals surface area contributed by atoms with E-state index in [0.717, 1.165) is 104 Å². The molecule has 0 amide bonds. The summed E-state index contributed by atoms with van der Waals surface area (Å²) in [5, 5.41) is 10.1. The number of piperidine rings is 1. The van der Waals surface area contributed by atoms with E-state index in [9.17, 15) is 9.90 Å². The molecule has 5 heterocycles. The Hall–Kier alpha value is -3.79. The lowest BCUT2D eigenvalue weighted by molar-refractivity contribution is 0.158. The van der Waals surface area contributed by atoms with E-state index in [1.165, 1.54) is 5.56 Å². The number of piperazine rings is 1. The predicted octanol–water partition coefficient (Wildman–Crippen LogP) is 4.77. The molecule has 6 rings (SSSR count). The van der Waals surface area contributed by atoms with E-state index in [1.54, 1.807) is 0 Å². The number of aliphatic hydroxyl groups excluding tert-OH is 1. The maximum absolute atomic E-state index is 14.2. The van der Waals surface area contributed by atoms with Gasteiger partial charge in [-0.2, -0.15) is 0 Å². The second-order valence-electron chi connectivity index (χ2n) is 13.3. The third-order valence-electron chi connectivity index (χ3n) is 9.69. The number of benzene rings is 1. The summed E-state index contributed by atoms with van der Waals surface area (Å²) in [5.41, 5.74) is 7.52. The van der Waals surface area contributed by atoms with E-state index in [4.69, 9.17) is 0 Å². The van der Waals surface area contributed by atoms with Crippen molar-refractivity contribution in [1.29, 1.82) is 0 Å². The second-order valence-corrected chi connectivity index (χ2v) is 13.3. The van der Waals surface area contributed by atoms with Gasteiger partial charge in [-0.1, -0.05) is 0 Å². The standard InChI is InChI=1S/C37H49N7O2/c1-27(2)44-25-31(37(46)35-10-9-32(21-36(35)44)41-16-14-40(15-17-41)18-19-45)24-43(23-30-11-12-38-29(4)20-30)34-6-5-13-42(26-34)33-8-7-28(3)39-22-33/h7-12,20-22,25,27,34,45H,5-6,13-19,23-24,26H2,1-4H3/t34-/m0/s1. The van der Waals surface area contributed by atoms with Crippen LogP contribution in [0.1, 0.15) is 55.2 Å². The number of rotatable bonds is 10. The van der Waals surface area contributed by atoms with Gasteiger partial charge in [0.1, 0.15) is 0 Å². The van der Waals surface area contributed by atoms with Crippen LogP contribution in [0.3, 0.4) is 0 Å². The summed E-state index contributed by atoms with van der Waals surface area (Å²) in [5.74, 6) is 0. The van der Waals surface area contributed by atoms with Gasteiger partial charge in [-0.05, 0) is 88.6 Å². The van der Waals surface area contributed by atoms with Gasteiger partial charge in [-0.15, -0.1) is 0 Å². The van der Waals surface area contributed by atoms with Crippen LogP contribution in [-0.2, 0) is 13.1 Å². The van der Waals surface area contributed by atoms with Gasteiger partial charge in [0.25, 0.3) is 0 Å². The summed E-state index contributed by atoms with van der Waals surface area (Å²) in [6.45, 7) is 16.3. The first kappa shape index (κ1) is 32.2. The van der Waals surface area contributed by atoms with E-state index < -0.39 is 0 Å². The molecule has 46 heavy (non-hydrogen) atoms. The first-order valence-corrected chi connectivity index (χ1v) is 16.9. The first-order chi connectivity index (χ1) is 22.3. The molecule has 0 bridgehead atoms. The Kier molecular flexibility index (Phi) is 10.0. The Morgan fingerprint density at radius 3 is 2.43 bits per heavy atom. The third kappa shape index (κ3) is 7.27. The monoisotopic (exact) mass is 623 g/mol. The maximum atomic E-state index is 14.2. The summed E-state index contributed by atoms with van der Waals surface area (Å²) in [6.07, 6.45) is 8.17. The number of hydrogen-bond acceptors (Lipinski definition) is 8. The van der Waals surface area contributed by atoms with Crippen molar-refractivity contribution >= 4 is 22.3 Å². The number of pyridine rings is 3. The van der Waals surface area contributed by atoms with E-state index in [2.05, 4.69) is 90.6 Å². The van der Waals surface area contributed by atoms with Crippen LogP contribution in [-0.4, -0.2) is 87.9 Å². The van der Waals surface area contributed by atoms with Gasteiger partial charge in [0, 0.05) is 111 Å². The lowest BCUT2D eigenvalue weighted by Crippen LogP contribution is -2.48. The molecule has 2 aliphatic heterocycles. The van der Waals surface area contributed by atoms with Gasteiger partial charge < -0.3 is 19.5 Å². The molecule has 244 valence electrons. The van der Waals surface area contributed by atoms with Gasteiger partial charge in [-0.25, -0.2) is 0 Å². The highest BCUT2D eigenvalue weighted by Crippen LogP contribution is 2.28. The second kappa shape index (κ2) is 14.3. The number of nitrogens with zero attached hydrogens (tertiary/aromatic N) is 7. The fraction of sp³-hybridized carbons (Fsp3) is 0.486. The largest absolute Gasteiger partial charge is 0.395 e. The predicted molar refractivity (Wildman–Crippen MR) is 187 cm³/mol. The van der Waals surface area contributed by atoms with Gasteiger partial charge in [0.2, 0.25) is 0 Å². The number of fused-ring (bicyclic) bond motifs is 1. The average Bonchev–Trinajstić information content (AvgIpc) is 3.06. The highest BCUT2D eigenvalue weighted by Gasteiger charge is 2.28. The average molecular weight is 624 g/mol. The molecular weight excluding hydrogens is 574 g/mol. The van der Waals surface area contributed by atoms with Crippen LogP contribution >= 0.6 is 0 Å².